The van der Waals surface area contributed by atoms with Crippen LogP contribution in [0.2, 0.25) is 5.02 Å². The van der Waals surface area contributed by atoms with Gasteiger partial charge in [-0.1, -0.05) is 11.6 Å². The number of aromatic amines is 1. The Kier molecular flexibility index (Phi) is 5.70. The second kappa shape index (κ2) is 7.55. The van der Waals surface area contributed by atoms with Gasteiger partial charge in [0, 0.05) is 18.8 Å². The number of amides is 2. The van der Waals surface area contributed by atoms with Crippen LogP contribution in [0.3, 0.4) is 0 Å². The maximum absolute atomic E-state index is 12.5. The Labute approximate surface area is 144 Å². The molecule has 0 aromatic carbocycles. The van der Waals surface area contributed by atoms with Gasteiger partial charge in [0.2, 0.25) is 0 Å². The predicted molar refractivity (Wildman–Crippen MR) is 86.1 cm³/mol. The van der Waals surface area contributed by atoms with E-state index in [4.69, 9.17) is 26.7 Å². The smallest absolute Gasteiger partial charge is 0.407 e. The van der Waals surface area contributed by atoms with Crippen LogP contribution in [0.15, 0.2) is 0 Å². The Morgan fingerprint density at radius 1 is 1.58 bits per heavy atom. The number of nitrogens with one attached hydrogen (secondary N) is 2. The van der Waals surface area contributed by atoms with Gasteiger partial charge in [-0.25, -0.2) is 4.79 Å². The standard InChI is InChI=1S/C15H19ClN4O4/c1-3-24-11-7-20(15(22)23)5-4-10(11)19-14(21)13-9(6-17)12(16)8(2)18-13/h10-11,18H,3-5,7H2,1-2H3,(H,19,21)(H,22,23)/t10-,11+/m1/s1. The number of rotatable bonds is 4. The highest BCUT2D eigenvalue weighted by atomic mass is 35.5. The minimum absolute atomic E-state index is 0.0996. The quantitative estimate of drug-likeness (QED) is 0.761. The van der Waals surface area contributed by atoms with E-state index in [0.29, 0.717) is 25.3 Å². The van der Waals surface area contributed by atoms with E-state index in [9.17, 15) is 9.59 Å². The molecule has 1 fully saturated rings. The van der Waals surface area contributed by atoms with Gasteiger partial charge in [0.05, 0.1) is 23.7 Å². The molecule has 1 aliphatic heterocycles. The van der Waals surface area contributed by atoms with Crippen molar-refractivity contribution < 1.29 is 19.4 Å². The van der Waals surface area contributed by atoms with Crippen molar-refractivity contribution in [3.63, 3.8) is 0 Å². The average Bonchev–Trinajstić information content (AvgIpc) is 2.84. The summed E-state index contributed by atoms with van der Waals surface area (Å²) in [5.41, 5.74) is 0.749. The third kappa shape index (κ3) is 3.63. The molecule has 0 aliphatic carbocycles. The van der Waals surface area contributed by atoms with Crippen LogP contribution < -0.4 is 5.32 Å². The van der Waals surface area contributed by atoms with Crippen molar-refractivity contribution in [3.05, 3.63) is 22.0 Å². The maximum atomic E-state index is 12.5. The van der Waals surface area contributed by atoms with Crippen molar-refractivity contribution in [3.8, 4) is 6.07 Å². The first-order chi connectivity index (χ1) is 11.4. The first-order valence-corrected chi connectivity index (χ1v) is 7.95. The van der Waals surface area contributed by atoms with E-state index < -0.39 is 18.1 Å². The number of carboxylic acid groups (broad SMARTS) is 1. The largest absolute Gasteiger partial charge is 0.465 e. The number of carbonyl (C=O) groups is 2. The zero-order chi connectivity index (χ0) is 17.9. The number of ether oxygens (including phenoxy) is 1. The summed E-state index contributed by atoms with van der Waals surface area (Å²) in [5.74, 6) is -0.458. The highest BCUT2D eigenvalue weighted by molar-refractivity contribution is 6.33. The lowest BCUT2D eigenvalue weighted by Gasteiger charge is -2.37. The first kappa shape index (κ1) is 18.1. The average molecular weight is 355 g/mol. The monoisotopic (exact) mass is 354 g/mol. The van der Waals surface area contributed by atoms with Gasteiger partial charge in [-0.15, -0.1) is 0 Å². The predicted octanol–water partition coefficient (Wildman–Crippen LogP) is 1.74. The number of carbonyl (C=O) groups excluding carboxylic acids is 1. The summed E-state index contributed by atoms with van der Waals surface area (Å²) in [6, 6.07) is 1.57. The number of aryl methyl sites for hydroxylation is 1. The Bertz CT molecular complexity index is 682. The number of nitriles is 1. The van der Waals surface area contributed by atoms with Gasteiger partial charge in [0.15, 0.2) is 0 Å². The lowest BCUT2D eigenvalue weighted by atomic mass is 10.0. The Hall–Kier alpha value is -2.24. The third-order valence-corrected chi connectivity index (χ3v) is 4.45. The molecule has 0 bridgehead atoms. The van der Waals surface area contributed by atoms with Crippen molar-refractivity contribution in [1.29, 1.82) is 5.26 Å². The molecule has 24 heavy (non-hydrogen) atoms. The normalized spacial score (nSPS) is 20.5. The fourth-order valence-electron chi connectivity index (χ4n) is 2.76. The van der Waals surface area contributed by atoms with Gasteiger partial charge in [0.25, 0.3) is 5.91 Å². The SMILES string of the molecule is CCO[C@H]1CN(C(=O)O)CC[C@H]1NC(=O)c1[nH]c(C)c(Cl)c1C#N. The number of H-pyrrole nitrogens is 1. The van der Waals surface area contributed by atoms with Crippen molar-refractivity contribution >= 4 is 23.6 Å². The molecule has 0 radical (unpaired) electrons. The summed E-state index contributed by atoms with van der Waals surface area (Å²) in [7, 11) is 0. The number of hydrogen-bond donors (Lipinski definition) is 3. The van der Waals surface area contributed by atoms with E-state index in [-0.39, 0.29) is 28.9 Å². The molecule has 2 rings (SSSR count). The zero-order valence-corrected chi connectivity index (χ0v) is 14.2. The second-order valence-corrected chi connectivity index (χ2v) is 5.89. The summed E-state index contributed by atoms with van der Waals surface area (Å²) in [5, 5.41) is 21.3. The number of piperidine rings is 1. The van der Waals surface area contributed by atoms with E-state index in [1.807, 2.05) is 6.07 Å². The fraction of sp³-hybridized carbons (Fsp3) is 0.533. The lowest BCUT2D eigenvalue weighted by Crippen LogP contribution is -2.56. The van der Waals surface area contributed by atoms with E-state index in [1.165, 1.54) is 4.90 Å². The minimum Gasteiger partial charge on any atom is -0.465 e. The van der Waals surface area contributed by atoms with E-state index >= 15 is 0 Å². The van der Waals surface area contributed by atoms with Gasteiger partial charge in [-0.3, -0.25) is 4.79 Å². The number of hydrogen-bond acceptors (Lipinski definition) is 4. The maximum Gasteiger partial charge on any atom is 0.407 e. The molecule has 130 valence electrons. The molecular formula is C15H19ClN4O4. The highest BCUT2D eigenvalue weighted by Crippen LogP contribution is 2.24. The Morgan fingerprint density at radius 2 is 2.29 bits per heavy atom. The topological polar surface area (TPSA) is 118 Å². The first-order valence-electron chi connectivity index (χ1n) is 7.57. The van der Waals surface area contributed by atoms with E-state index in [1.54, 1.807) is 13.8 Å². The molecule has 2 heterocycles. The fourth-order valence-corrected chi connectivity index (χ4v) is 2.94. The Morgan fingerprint density at radius 3 is 2.88 bits per heavy atom. The molecule has 8 nitrogen and oxygen atoms in total. The zero-order valence-electron chi connectivity index (χ0n) is 13.4. The van der Waals surface area contributed by atoms with Crippen LogP contribution in [0.25, 0.3) is 0 Å². The molecule has 1 saturated heterocycles. The minimum atomic E-state index is -1.01. The lowest BCUT2D eigenvalue weighted by molar-refractivity contribution is -0.0112. The molecule has 1 aromatic rings. The molecule has 2 atom stereocenters. The van der Waals surface area contributed by atoms with Crippen LogP contribution >= 0.6 is 11.6 Å². The summed E-state index contributed by atoms with van der Waals surface area (Å²) < 4.78 is 5.58. The molecular weight excluding hydrogens is 336 g/mol. The van der Waals surface area contributed by atoms with Gasteiger partial charge in [-0.2, -0.15) is 5.26 Å². The van der Waals surface area contributed by atoms with Gasteiger partial charge in [-0.05, 0) is 20.3 Å². The van der Waals surface area contributed by atoms with Crippen molar-refractivity contribution in [2.45, 2.75) is 32.4 Å². The summed E-state index contributed by atoms with van der Waals surface area (Å²) in [6.07, 6.45) is -1.03. The molecule has 0 unspecified atom stereocenters. The van der Waals surface area contributed by atoms with Crippen LogP contribution in [0.4, 0.5) is 4.79 Å². The van der Waals surface area contributed by atoms with Gasteiger partial charge in [0.1, 0.15) is 17.3 Å². The third-order valence-electron chi connectivity index (χ3n) is 3.98. The van der Waals surface area contributed by atoms with Gasteiger partial charge >= 0.3 is 6.09 Å². The van der Waals surface area contributed by atoms with E-state index in [0.717, 1.165) is 0 Å². The molecule has 1 aromatic heterocycles. The van der Waals surface area contributed by atoms with Crippen LogP contribution in [-0.4, -0.2) is 58.8 Å². The van der Waals surface area contributed by atoms with Crippen molar-refractivity contribution in [2.24, 2.45) is 0 Å². The number of likely N-dealkylation sites (tertiary alicyclic amines) is 1. The Balaban J connectivity index is 2.14. The molecule has 0 saturated carbocycles. The van der Waals surface area contributed by atoms with Gasteiger partial charge < -0.3 is 25.0 Å². The van der Waals surface area contributed by atoms with Crippen LogP contribution in [0, 0.1) is 18.3 Å². The summed E-state index contributed by atoms with van der Waals surface area (Å²) >= 11 is 6.00. The molecule has 2 amide bonds. The van der Waals surface area contributed by atoms with Crippen LogP contribution in [0.5, 0.6) is 0 Å². The number of nitrogens with zero attached hydrogens (tertiary/aromatic N) is 2. The molecule has 3 N–H and O–H groups in total. The van der Waals surface area contributed by atoms with Crippen molar-refractivity contribution in [1.82, 2.24) is 15.2 Å². The number of aromatic nitrogens is 1. The highest BCUT2D eigenvalue weighted by Gasteiger charge is 2.34. The summed E-state index contributed by atoms with van der Waals surface area (Å²) in [6.45, 7) is 4.37. The molecule has 1 aliphatic rings. The van der Waals surface area contributed by atoms with Crippen LogP contribution in [0.1, 0.15) is 35.1 Å². The molecule has 9 heteroatoms. The number of halogens is 1. The molecule has 0 spiro atoms. The van der Waals surface area contributed by atoms with Crippen LogP contribution in [-0.2, 0) is 4.74 Å². The van der Waals surface area contributed by atoms with E-state index in [2.05, 4.69) is 10.3 Å². The summed E-state index contributed by atoms with van der Waals surface area (Å²) in [4.78, 5) is 27.7. The second-order valence-electron chi connectivity index (χ2n) is 5.52. The van der Waals surface area contributed by atoms with Crippen molar-refractivity contribution in [2.75, 3.05) is 19.7 Å².